The van der Waals surface area contributed by atoms with Crippen molar-refractivity contribution in [2.75, 3.05) is 81.5 Å². The molecule has 4 N–H and O–H groups in total. The molecule has 0 saturated carbocycles. The Hall–Kier alpha value is -2.75. The van der Waals surface area contributed by atoms with E-state index in [1.54, 1.807) is 0 Å². The standard InChI is InChI=1S/C56H106N8O/c1-5-9-13-17-21-25-29-33-37-47-63(48-38-34-30-26-22-18-14-10-6-2)51-41-44-57-54-60-55(62-56(61-54)59-46-43-53-65)58-45-42-52-64(49-39-35-31-27-23-19-15-11-7-3)50-40-36-32-28-24-20-16-12-8-4/h5-8,65H,1-4,9-53H2,(H3,57,58,59,60,61,62). The van der Waals surface area contributed by atoms with Crippen molar-refractivity contribution in [2.24, 2.45) is 0 Å². The molecule has 9 nitrogen and oxygen atoms in total. The van der Waals surface area contributed by atoms with Gasteiger partial charge in [0.25, 0.3) is 0 Å². The predicted octanol–water partition coefficient (Wildman–Crippen LogP) is 15.1. The minimum absolute atomic E-state index is 0.139. The number of aromatic nitrogens is 3. The highest BCUT2D eigenvalue weighted by Gasteiger charge is 2.10. The monoisotopic (exact) mass is 907 g/mol. The van der Waals surface area contributed by atoms with Crippen LogP contribution in [0.2, 0.25) is 0 Å². The fourth-order valence-corrected chi connectivity index (χ4v) is 8.60. The number of anilines is 3. The molecule has 376 valence electrons. The van der Waals surface area contributed by atoms with Gasteiger partial charge in [0, 0.05) is 26.2 Å². The molecule has 0 aromatic carbocycles. The summed E-state index contributed by atoms with van der Waals surface area (Å²) in [5, 5.41) is 19.8. The van der Waals surface area contributed by atoms with Crippen molar-refractivity contribution in [1.82, 2.24) is 24.8 Å². The predicted molar refractivity (Wildman–Crippen MR) is 288 cm³/mol. The lowest BCUT2D eigenvalue weighted by Gasteiger charge is -2.23. The minimum Gasteiger partial charge on any atom is -0.396 e. The Balaban J connectivity index is 2.69. The van der Waals surface area contributed by atoms with Crippen molar-refractivity contribution in [2.45, 2.75) is 225 Å². The van der Waals surface area contributed by atoms with Gasteiger partial charge in [0.15, 0.2) is 0 Å². The second-order valence-electron chi connectivity index (χ2n) is 18.8. The lowest BCUT2D eigenvalue weighted by Crippen LogP contribution is -2.29. The van der Waals surface area contributed by atoms with Crippen LogP contribution in [0.1, 0.15) is 225 Å². The Labute approximate surface area is 403 Å². The number of nitrogens with zero attached hydrogens (tertiary/aromatic N) is 5. The van der Waals surface area contributed by atoms with Crippen molar-refractivity contribution in [3.63, 3.8) is 0 Å². The highest BCUT2D eigenvalue weighted by molar-refractivity contribution is 5.42. The molecular weight excluding hydrogens is 801 g/mol. The second kappa shape index (κ2) is 49.2. The molecule has 0 atom stereocenters. The highest BCUT2D eigenvalue weighted by atomic mass is 16.3. The molecule has 9 heteroatoms. The van der Waals surface area contributed by atoms with Gasteiger partial charge in [-0.2, -0.15) is 15.0 Å². The normalized spacial score (nSPS) is 11.4. The summed E-state index contributed by atoms with van der Waals surface area (Å²) < 4.78 is 0. The van der Waals surface area contributed by atoms with E-state index in [0.717, 1.165) is 64.7 Å². The third-order valence-corrected chi connectivity index (χ3v) is 12.7. The molecule has 0 aliphatic rings. The van der Waals surface area contributed by atoms with E-state index >= 15 is 0 Å². The Kier molecular flexibility index (Phi) is 45.6. The van der Waals surface area contributed by atoms with E-state index in [1.807, 2.05) is 24.3 Å². The Bertz CT molecular complexity index is 1060. The van der Waals surface area contributed by atoms with Crippen LogP contribution in [0.3, 0.4) is 0 Å². The number of nitrogens with one attached hydrogen (secondary N) is 3. The SMILES string of the molecule is C=CCCCCCCCCCN(CCCCCCCCCC=C)CCCNc1nc(NCCCO)nc(NCCCN(CCCCCCCCCC=C)CCCCCCCCCC=C)n1. The van der Waals surface area contributed by atoms with Crippen LogP contribution in [-0.4, -0.2) is 95.4 Å². The minimum atomic E-state index is 0.139. The van der Waals surface area contributed by atoms with Gasteiger partial charge in [-0.3, -0.25) is 0 Å². The van der Waals surface area contributed by atoms with Gasteiger partial charge in [0.1, 0.15) is 0 Å². The first-order valence-electron chi connectivity index (χ1n) is 27.6. The van der Waals surface area contributed by atoms with Gasteiger partial charge in [-0.15, -0.1) is 26.3 Å². The molecule has 1 heterocycles. The van der Waals surface area contributed by atoms with Gasteiger partial charge in [-0.05, 0) is 136 Å². The lowest BCUT2D eigenvalue weighted by molar-refractivity contribution is 0.259. The molecule has 0 saturated heterocycles. The zero-order chi connectivity index (χ0) is 46.8. The summed E-state index contributed by atoms with van der Waals surface area (Å²) in [5.74, 6) is 1.79. The summed E-state index contributed by atoms with van der Waals surface area (Å²) in [6.45, 7) is 24.8. The van der Waals surface area contributed by atoms with Gasteiger partial charge in [0.05, 0.1) is 0 Å². The Morgan fingerprint density at radius 3 is 0.769 bits per heavy atom. The third kappa shape index (κ3) is 41.2. The molecule has 0 aliphatic heterocycles. The molecule has 0 fully saturated rings. The van der Waals surface area contributed by atoms with Gasteiger partial charge in [-0.1, -0.05) is 153 Å². The van der Waals surface area contributed by atoms with Gasteiger partial charge < -0.3 is 30.9 Å². The Morgan fingerprint density at radius 1 is 0.308 bits per heavy atom. The van der Waals surface area contributed by atoms with E-state index in [1.165, 1.54) is 206 Å². The van der Waals surface area contributed by atoms with Gasteiger partial charge in [0.2, 0.25) is 17.8 Å². The summed E-state index contributed by atoms with van der Waals surface area (Å²) in [6, 6.07) is 0. The fourth-order valence-electron chi connectivity index (χ4n) is 8.60. The number of hydrogen-bond donors (Lipinski definition) is 4. The molecule has 0 amide bonds. The first kappa shape index (κ1) is 60.3. The van der Waals surface area contributed by atoms with E-state index in [9.17, 15) is 5.11 Å². The van der Waals surface area contributed by atoms with Crippen molar-refractivity contribution >= 4 is 17.8 Å². The number of rotatable bonds is 54. The first-order chi connectivity index (χ1) is 32.2. The fraction of sp³-hybridized carbons (Fsp3) is 0.804. The number of hydrogen-bond acceptors (Lipinski definition) is 9. The summed E-state index contributed by atoms with van der Waals surface area (Å²) in [4.78, 5) is 19.7. The maximum absolute atomic E-state index is 9.41. The van der Waals surface area contributed by atoms with E-state index in [2.05, 4.69) is 52.1 Å². The summed E-state index contributed by atoms with van der Waals surface area (Å²) in [5.41, 5.74) is 0. The van der Waals surface area contributed by atoms with E-state index < -0.39 is 0 Å². The molecule has 1 aromatic heterocycles. The molecular formula is C56H106N8O. The number of allylic oxidation sites excluding steroid dienone is 4. The maximum Gasteiger partial charge on any atom is 0.229 e. The number of aliphatic hydroxyl groups excluding tert-OH is 1. The van der Waals surface area contributed by atoms with Crippen molar-refractivity contribution in [1.29, 1.82) is 0 Å². The van der Waals surface area contributed by atoms with Crippen LogP contribution in [0.4, 0.5) is 17.8 Å². The molecule has 1 rings (SSSR count). The van der Waals surface area contributed by atoms with Crippen molar-refractivity contribution in [3.05, 3.63) is 50.6 Å². The molecule has 0 aliphatic carbocycles. The molecule has 0 unspecified atom stereocenters. The smallest absolute Gasteiger partial charge is 0.229 e. The average molecular weight is 908 g/mol. The molecule has 0 bridgehead atoms. The van der Waals surface area contributed by atoms with E-state index in [4.69, 9.17) is 15.0 Å². The lowest BCUT2D eigenvalue weighted by atomic mass is 10.1. The largest absolute Gasteiger partial charge is 0.396 e. The maximum atomic E-state index is 9.41. The average Bonchev–Trinajstić information content (AvgIpc) is 3.31. The number of aliphatic hydroxyl groups is 1. The van der Waals surface area contributed by atoms with E-state index in [0.29, 0.717) is 30.8 Å². The zero-order valence-corrected chi connectivity index (χ0v) is 42.6. The Morgan fingerprint density at radius 2 is 0.523 bits per heavy atom. The summed E-state index contributed by atoms with van der Waals surface area (Å²) in [6.07, 6.45) is 52.9. The van der Waals surface area contributed by atoms with Gasteiger partial charge >= 0.3 is 0 Å². The van der Waals surface area contributed by atoms with Crippen LogP contribution in [0, 0.1) is 0 Å². The topological polar surface area (TPSA) is 101 Å². The second-order valence-corrected chi connectivity index (χ2v) is 18.8. The van der Waals surface area contributed by atoms with Crippen molar-refractivity contribution in [3.8, 4) is 0 Å². The molecule has 0 radical (unpaired) electrons. The summed E-state index contributed by atoms with van der Waals surface area (Å²) >= 11 is 0. The van der Waals surface area contributed by atoms with Crippen LogP contribution in [0.25, 0.3) is 0 Å². The highest BCUT2D eigenvalue weighted by Crippen LogP contribution is 2.15. The third-order valence-electron chi connectivity index (χ3n) is 12.7. The zero-order valence-electron chi connectivity index (χ0n) is 42.6. The van der Waals surface area contributed by atoms with Crippen LogP contribution in [-0.2, 0) is 0 Å². The van der Waals surface area contributed by atoms with E-state index in [-0.39, 0.29) is 6.61 Å². The first-order valence-corrected chi connectivity index (χ1v) is 27.6. The van der Waals surface area contributed by atoms with Crippen molar-refractivity contribution < 1.29 is 5.11 Å². The van der Waals surface area contributed by atoms with Crippen LogP contribution in [0.5, 0.6) is 0 Å². The molecule has 1 aromatic rings. The number of unbranched alkanes of at least 4 members (excludes halogenated alkanes) is 28. The van der Waals surface area contributed by atoms with Gasteiger partial charge in [-0.25, -0.2) is 0 Å². The molecule has 65 heavy (non-hydrogen) atoms. The molecule has 0 spiro atoms. The summed E-state index contributed by atoms with van der Waals surface area (Å²) in [7, 11) is 0. The quantitative estimate of drug-likeness (QED) is 0.0376. The van der Waals surface area contributed by atoms with Crippen LogP contribution < -0.4 is 16.0 Å². The van der Waals surface area contributed by atoms with Crippen LogP contribution in [0.15, 0.2) is 50.6 Å². The van der Waals surface area contributed by atoms with Crippen LogP contribution >= 0.6 is 0 Å².